The van der Waals surface area contributed by atoms with Gasteiger partial charge < -0.3 is 5.32 Å². The van der Waals surface area contributed by atoms with Gasteiger partial charge in [0.05, 0.1) is 11.5 Å². The van der Waals surface area contributed by atoms with Gasteiger partial charge in [0.25, 0.3) is 5.91 Å². The summed E-state index contributed by atoms with van der Waals surface area (Å²) in [6, 6.07) is 12.7. The van der Waals surface area contributed by atoms with E-state index in [2.05, 4.69) is 5.32 Å². The van der Waals surface area contributed by atoms with Gasteiger partial charge in [0, 0.05) is 16.3 Å². The van der Waals surface area contributed by atoms with E-state index in [1.165, 1.54) is 24.3 Å². The van der Waals surface area contributed by atoms with Crippen LogP contribution in [-0.2, 0) is 14.2 Å². The number of carbonyl (C=O) groups is 1. The molecule has 116 valence electrons. The van der Waals surface area contributed by atoms with Crippen molar-refractivity contribution in [3.8, 4) is 0 Å². The Kier molecular flexibility index (Phi) is 5.18. The van der Waals surface area contributed by atoms with Gasteiger partial charge in [-0.1, -0.05) is 11.6 Å². The number of rotatable bonds is 5. The molecule has 0 saturated heterocycles. The molecule has 0 bridgehead atoms. The summed E-state index contributed by atoms with van der Waals surface area (Å²) in [7, 11) is -3.26. The highest BCUT2D eigenvalue weighted by molar-refractivity contribution is 7.87. The predicted molar refractivity (Wildman–Crippen MR) is 86.6 cm³/mol. The first-order valence-corrected chi connectivity index (χ1v) is 8.38. The van der Waals surface area contributed by atoms with E-state index in [9.17, 15) is 9.00 Å². The highest BCUT2D eigenvalue weighted by Gasteiger charge is 2.12. The number of nitrogens with one attached hydrogen (secondary N) is 2. The molecule has 0 aromatic heterocycles. The van der Waals surface area contributed by atoms with Crippen molar-refractivity contribution in [2.24, 2.45) is 0 Å². The molecule has 1 amide bonds. The lowest BCUT2D eigenvalue weighted by Crippen LogP contribution is -2.12. The van der Waals surface area contributed by atoms with Crippen molar-refractivity contribution in [3.05, 3.63) is 59.1 Å². The minimum Gasteiger partial charge on any atom is -0.322 e. The van der Waals surface area contributed by atoms with Crippen molar-refractivity contribution in [2.45, 2.75) is 11.8 Å². The van der Waals surface area contributed by atoms with Crippen molar-refractivity contribution < 1.29 is 13.2 Å². The van der Waals surface area contributed by atoms with Gasteiger partial charge in [-0.2, -0.15) is 0 Å². The molecule has 2 aromatic carbocycles. The fourth-order valence-corrected chi connectivity index (χ4v) is 2.84. The zero-order valence-corrected chi connectivity index (χ0v) is 13.4. The average Bonchev–Trinajstić information content (AvgIpc) is 2.49. The van der Waals surface area contributed by atoms with Crippen molar-refractivity contribution in [1.82, 2.24) is 0 Å². The van der Waals surface area contributed by atoms with E-state index in [-0.39, 0.29) is 17.4 Å². The van der Waals surface area contributed by atoms with Gasteiger partial charge in [-0.25, -0.2) is 8.99 Å². The molecule has 0 radical (unpaired) electrons. The van der Waals surface area contributed by atoms with Crippen LogP contribution in [0.3, 0.4) is 0 Å². The lowest BCUT2D eigenvalue weighted by Gasteiger charge is -2.08. The monoisotopic (exact) mass is 338 g/mol. The molecule has 0 heterocycles. The van der Waals surface area contributed by atoms with Gasteiger partial charge in [-0.05, 0) is 55.5 Å². The zero-order valence-electron chi connectivity index (χ0n) is 11.8. The Hall–Kier alpha value is -1.89. The Bertz CT molecular complexity index is 756. The second-order valence-electron chi connectivity index (χ2n) is 4.40. The largest absolute Gasteiger partial charge is 0.322 e. The van der Waals surface area contributed by atoms with Crippen LogP contribution >= 0.6 is 11.6 Å². The number of hydrogen-bond donors (Lipinski definition) is 2. The minimum atomic E-state index is -3.26. The number of hydrogen-bond acceptors (Lipinski definition) is 4. The summed E-state index contributed by atoms with van der Waals surface area (Å²) < 4.78 is 24.5. The number of halogens is 1. The fraction of sp³-hybridized carbons (Fsp3) is 0.133. The van der Waals surface area contributed by atoms with Crippen molar-refractivity contribution in [2.75, 3.05) is 11.9 Å². The molecule has 2 aromatic rings. The maximum Gasteiger partial charge on any atom is 0.255 e. The SMILES string of the molecule is CCOS(=N)(=O)c1ccc(C(=O)Nc2ccc(Cl)cc2)cc1. The second kappa shape index (κ2) is 6.91. The molecule has 2 rings (SSSR count). The minimum absolute atomic E-state index is 0.182. The summed E-state index contributed by atoms with van der Waals surface area (Å²) >= 11 is 5.78. The predicted octanol–water partition coefficient (Wildman–Crippen LogP) is 3.95. The molecule has 0 aliphatic carbocycles. The van der Waals surface area contributed by atoms with Crippen LogP contribution in [0, 0.1) is 4.78 Å². The van der Waals surface area contributed by atoms with E-state index >= 15 is 0 Å². The summed E-state index contributed by atoms with van der Waals surface area (Å²) in [4.78, 5) is 12.3. The molecular formula is C15H15ClN2O3S. The third kappa shape index (κ3) is 4.07. The quantitative estimate of drug-likeness (QED) is 0.866. The van der Waals surface area contributed by atoms with Crippen LogP contribution in [0.2, 0.25) is 5.02 Å². The number of amides is 1. The molecule has 1 unspecified atom stereocenters. The zero-order chi connectivity index (χ0) is 16.2. The Morgan fingerprint density at radius 1 is 1.18 bits per heavy atom. The maximum absolute atomic E-state index is 12.1. The van der Waals surface area contributed by atoms with E-state index in [0.29, 0.717) is 16.3 Å². The molecule has 7 heteroatoms. The first-order chi connectivity index (χ1) is 10.4. The molecule has 1 atom stereocenters. The van der Waals surface area contributed by atoms with E-state index in [4.69, 9.17) is 20.6 Å². The molecule has 0 saturated carbocycles. The number of carbonyl (C=O) groups excluding carboxylic acids is 1. The summed E-state index contributed by atoms with van der Waals surface area (Å²) in [5, 5.41) is 3.31. The molecular weight excluding hydrogens is 324 g/mol. The topological polar surface area (TPSA) is 79.2 Å². The Morgan fingerprint density at radius 3 is 2.32 bits per heavy atom. The summed E-state index contributed by atoms with van der Waals surface area (Å²) in [6.45, 7) is 1.85. The van der Waals surface area contributed by atoms with Crippen LogP contribution in [-0.4, -0.2) is 16.7 Å². The average molecular weight is 339 g/mol. The molecule has 0 spiro atoms. The van der Waals surface area contributed by atoms with Crippen LogP contribution in [0.25, 0.3) is 0 Å². The van der Waals surface area contributed by atoms with Gasteiger partial charge in [-0.3, -0.25) is 8.98 Å². The van der Waals surface area contributed by atoms with Gasteiger partial charge in [0.1, 0.15) is 0 Å². The van der Waals surface area contributed by atoms with E-state index in [1.807, 2.05) is 0 Å². The molecule has 0 fully saturated rings. The third-order valence-electron chi connectivity index (χ3n) is 2.81. The van der Waals surface area contributed by atoms with E-state index in [0.717, 1.165) is 0 Å². The Balaban J connectivity index is 2.13. The third-order valence-corrected chi connectivity index (χ3v) is 4.53. The molecule has 0 aliphatic heterocycles. The highest BCUT2D eigenvalue weighted by atomic mass is 35.5. The van der Waals surface area contributed by atoms with Crippen molar-refractivity contribution in [1.29, 1.82) is 4.78 Å². The molecule has 0 aliphatic rings. The highest BCUT2D eigenvalue weighted by Crippen LogP contribution is 2.17. The van der Waals surface area contributed by atoms with Crippen LogP contribution in [0.15, 0.2) is 53.4 Å². The van der Waals surface area contributed by atoms with E-state index < -0.39 is 10.0 Å². The first kappa shape index (κ1) is 16.5. The fourth-order valence-electron chi connectivity index (χ4n) is 1.76. The van der Waals surface area contributed by atoms with Crippen molar-refractivity contribution in [3.63, 3.8) is 0 Å². The van der Waals surface area contributed by atoms with Gasteiger partial charge >= 0.3 is 0 Å². The maximum atomic E-state index is 12.1. The number of benzene rings is 2. The summed E-state index contributed by atoms with van der Waals surface area (Å²) in [5.41, 5.74) is 1.02. The van der Waals surface area contributed by atoms with E-state index in [1.54, 1.807) is 31.2 Å². The van der Waals surface area contributed by atoms with Crippen molar-refractivity contribution >= 4 is 33.2 Å². The normalized spacial score (nSPS) is 13.4. The summed E-state index contributed by atoms with van der Waals surface area (Å²) in [6.07, 6.45) is 0. The van der Waals surface area contributed by atoms with Gasteiger partial charge in [-0.15, -0.1) is 0 Å². The first-order valence-electron chi connectivity index (χ1n) is 6.52. The van der Waals surface area contributed by atoms with Crippen LogP contribution in [0.4, 0.5) is 5.69 Å². The van der Waals surface area contributed by atoms with Crippen LogP contribution in [0.5, 0.6) is 0 Å². The lowest BCUT2D eigenvalue weighted by atomic mass is 10.2. The lowest BCUT2D eigenvalue weighted by molar-refractivity contribution is 0.102. The number of anilines is 1. The molecule has 22 heavy (non-hydrogen) atoms. The molecule has 2 N–H and O–H groups in total. The van der Waals surface area contributed by atoms with Crippen LogP contribution < -0.4 is 5.32 Å². The van der Waals surface area contributed by atoms with Gasteiger partial charge in [0.15, 0.2) is 10.0 Å². The van der Waals surface area contributed by atoms with Crippen LogP contribution in [0.1, 0.15) is 17.3 Å². The van der Waals surface area contributed by atoms with Gasteiger partial charge in [0.2, 0.25) is 0 Å². The standard InChI is InChI=1S/C15H15ClN2O3S/c1-2-21-22(17,20)14-9-3-11(4-10-14)15(19)18-13-7-5-12(16)6-8-13/h3-10,17H,2H2,1H3,(H,18,19). The second-order valence-corrected chi connectivity index (χ2v) is 6.55. The molecule has 5 nitrogen and oxygen atoms in total. The Morgan fingerprint density at radius 2 is 1.77 bits per heavy atom. The smallest absolute Gasteiger partial charge is 0.255 e. The Labute approximate surface area is 134 Å². The summed E-state index contributed by atoms with van der Waals surface area (Å²) in [5.74, 6) is -0.304.